The molecule has 1 atom stereocenters. The van der Waals surface area contributed by atoms with Crippen LogP contribution in [0.3, 0.4) is 0 Å². The van der Waals surface area contributed by atoms with Gasteiger partial charge in [0.25, 0.3) is 0 Å². The topological polar surface area (TPSA) is 15.3 Å². The first-order valence-electron chi connectivity index (χ1n) is 4.85. The van der Waals surface area contributed by atoms with Gasteiger partial charge in [0, 0.05) is 32.2 Å². The summed E-state index contributed by atoms with van der Waals surface area (Å²) in [4.78, 5) is 2.50. The van der Waals surface area contributed by atoms with E-state index in [2.05, 4.69) is 30.6 Å². The van der Waals surface area contributed by atoms with Crippen LogP contribution in [-0.4, -0.2) is 37.1 Å². The van der Waals surface area contributed by atoms with Crippen LogP contribution in [0.15, 0.2) is 12.2 Å². The Morgan fingerprint density at radius 2 is 2.42 bits per heavy atom. The minimum Gasteiger partial charge on any atom is -0.314 e. The fraction of sp³-hybridized carbons (Fsp3) is 0.800. The van der Waals surface area contributed by atoms with E-state index in [4.69, 9.17) is 0 Å². The minimum atomic E-state index is 0.669. The molecule has 0 aromatic carbocycles. The van der Waals surface area contributed by atoms with E-state index in [0.717, 1.165) is 26.1 Å². The first-order valence-corrected chi connectivity index (χ1v) is 4.85. The Hall–Kier alpha value is -0.340. The Morgan fingerprint density at radius 3 is 3.00 bits per heavy atom. The first-order chi connectivity index (χ1) is 5.74. The molecule has 0 aromatic heterocycles. The number of rotatable bonds is 3. The number of hydrogen-bond donors (Lipinski definition) is 1. The quantitative estimate of drug-likeness (QED) is 0.638. The molecular weight excluding hydrogens is 148 g/mol. The second kappa shape index (κ2) is 4.63. The van der Waals surface area contributed by atoms with E-state index in [1.54, 1.807) is 0 Å². The van der Waals surface area contributed by atoms with Gasteiger partial charge in [-0.25, -0.2) is 0 Å². The highest BCUT2D eigenvalue weighted by Crippen LogP contribution is 2.07. The summed E-state index contributed by atoms with van der Waals surface area (Å²) in [5, 5.41) is 3.38. The van der Waals surface area contributed by atoms with Crippen molar-refractivity contribution >= 4 is 0 Å². The molecule has 0 aliphatic carbocycles. The molecule has 1 aliphatic rings. The van der Waals surface area contributed by atoms with Gasteiger partial charge in [-0.15, -0.1) is 0 Å². The van der Waals surface area contributed by atoms with E-state index in [1.807, 2.05) is 0 Å². The first kappa shape index (κ1) is 9.75. The van der Waals surface area contributed by atoms with E-state index in [0.29, 0.717) is 6.04 Å². The van der Waals surface area contributed by atoms with Crippen molar-refractivity contribution in [1.82, 2.24) is 10.2 Å². The SMILES string of the molecule is C=C(CC)CN1CCNC[C@@H]1C. The summed E-state index contributed by atoms with van der Waals surface area (Å²) < 4.78 is 0. The van der Waals surface area contributed by atoms with Crippen LogP contribution < -0.4 is 5.32 Å². The van der Waals surface area contributed by atoms with Crippen molar-refractivity contribution in [3.05, 3.63) is 12.2 Å². The second-order valence-corrected chi connectivity index (χ2v) is 3.63. The van der Waals surface area contributed by atoms with Crippen LogP contribution in [0.5, 0.6) is 0 Å². The summed E-state index contributed by atoms with van der Waals surface area (Å²) >= 11 is 0. The summed E-state index contributed by atoms with van der Waals surface area (Å²) in [5.74, 6) is 0. The van der Waals surface area contributed by atoms with Gasteiger partial charge in [-0.3, -0.25) is 4.90 Å². The molecule has 0 amide bonds. The second-order valence-electron chi connectivity index (χ2n) is 3.63. The van der Waals surface area contributed by atoms with E-state index < -0.39 is 0 Å². The molecule has 1 saturated heterocycles. The van der Waals surface area contributed by atoms with Gasteiger partial charge >= 0.3 is 0 Å². The minimum absolute atomic E-state index is 0.669. The van der Waals surface area contributed by atoms with Crippen LogP contribution in [0.25, 0.3) is 0 Å². The van der Waals surface area contributed by atoms with Gasteiger partial charge in [0.1, 0.15) is 0 Å². The van der Waals surface area contributed by atoms with Gasteiger partial charge in [0.15, 0.2) is 0 Å². The van der Waals surface area contributed by atoms with E-state index in [9.17, 15) is 0 Å². The zero-order valence-corrected chi connectivity index (χ0v) is 8.27. The Labute approximate surface area is 75.6 Å². The van der Waals surface area contributed by atoms with Crippen molar-refractivity contribution in [2.75, 3.05) is 26.2 Å². The predicted octanol–water partition coefficient (Wildman–Crippen LogP) is 1.25. The molecule has 0 unspecified atom stereocenters. The standard InChI is InChI=1S/C10H20N2/c1-4-9(2)8-12-6-5-11-7-10(12)3/h10-11H,2,4-8H2,1,3H3/t10-/m0/s1. The van der Waals surface area contributed by atoms with Gasteiger partial charge in [-0.05, 0) is 13.3 Å². The van der Waals surface area contributed by atoms with Gasteiger partial charge in [0.2, 0.25) is 0 Å². The summed E-state index contributed by atoms with van der Waals surface area (Å²) in [6, 6.07) is 0.669. The normalized spacial score (nSPS) is 25.7. The fourth-order valence-electron chi connectivity index (χ4n) is 1.52. The number of nitrogens with one attached hydrogen (secondary N) is 1. The molecule has 12 heavy (non-hydrogen) atoms. The third kappa shape index (κ3) is 2.61. The zero-order chi connectivity index (χ0) is 8.97. The molecule has 1 aliphatic heterocycles. The van der Waals surface area contributed by atoms with Crippen molar-refractivity contribution in [3.8, 4) is 0 Å². The molecule has 1 rings (SSSR count). The highest BCUT2D eigenvalue weighted by Gasteiger charge is 2.17. The van der Waals surface area contributed by atoms with E-state index in [1.165, 1.54) is 12.1 Å². The molecule has 0 radical (unpaired) electrons. The molecule has 2 nitrogen and oxygen atoms in total. The lowest BCUT2D eigenvalue weighted by atomic mass is 10.1. The van der Waals surface area contributed by atoms with Crippen molar-refractivity contribution in [2.24, 2.45) is 0 Å². The number of piperazine rings is 1. The lowest BCUT2D eigenvalue weighted by Crippen LogP contribution is -2.50. The molecule has 1 N–H and O–H groups in total. The van der Waals surface area contributed by atoms with Gasteiger partial charge < -0.3 is 5.32 Å². The highest BCUT2D eigenvalue weighted by atomic mass is 15.2. The highest BCUT2D eigenvalue weighted by molar-refractivity contribution is 4.97. The smallest absolute Gasteiger partial charge is 0.0196 e. The van der Waals surface area contributed by atoms with Gasteiger partial charge in [-0.1, -0.05) is 19.1 Å². The van der Waals surface area contributed by atoms with Crippen molar-refractivity contribution < 1.29 is 0 Å². The third-order valence-electron chi connectivity index (χ3n) is 2.57. The lowest BCUT2D eigenvalue weighted by molar-refractivity contribution is 0.187. The molecule has 0 aromatic rings. The van der Waals surface area contributed by atoms with Crippen LogP contribution in [0.1, 0.15) is 20.3 Å². The summed E-state index contributed by atoms with van der Waals surface area (Å²) in [5.41, 5.74) is 1.35. The maximum Gasteiger partial charge on any atom is 0.0196 e. The largest absolute Gasteiger partial charge is 0.314 e. The molecule has 2 heteroatoms. The summed E-state index contributed by atoms with van der Waals surface area (Å²) in [7, 11) is 0. The maximum absolute atomic E-state index is 4.04. The van der Waals surface area contributed by atoms with Crippen molar-refractivity contribution in [2.45, 2.75) is 26.3 Å². The van der Waals surface area contributed by atoms with E-state index >= 15 is 0 Å². The summed E-state index contributed by atoms with van der Waals surface area (Å²) in [6.45, 7) is 13.0. The van der Waals surface area contributed by atoms with Crippen molar-refractivity contribution in [1.29, 1.82) is 0 Å². The molecule has 70 valence electrons. The molecule has 0 bridgehead atoms. The van der Waals surface area contributed by atoms with Crippen LogP contribution >= 0.6 is 0 Å². The van der Waals surface area contributed by atoms with Crippen LogP contribution in [0.4, 0.5) is 0 Å². The maximum atomic E-state index is 4.04. The van der Waals surface area contributed by atoms with Crippen LogP contribution in [0, 0.1) is 0 Å². The molecule has 0 spiro atoms. The molecular formula is C10H20N2. The zero-order valence-electron chi connectivity index (χ0n) is 8.27. The Kier molecular flexibility index (Phi) is 3.76. The average molecular weight is 168 g/mol. The Balaban J connectivity index is 2.33. The van der Waals surface area contributed by atoms with Gasteiger partial charge in [-0.2, -0.15) is 0 Å². The Bertz CT molecular complexity index is 154. The lowest BCUT2D eigenvalue weighted by Gasteiger charge is -2.34. The number of nitrogens with zero attached hydrogens (tertiary/aromatic N) is 1. The van der Waals surface area contributed by atoms with Crippen LogP contribution in [0.2, 0.25) is 0 Å². The predicted molar refractivity (Wildman–Crippen MR) is 53.3 cm³/mol. The average Bonchev–Trinajstić information content (AvgIpc) is 2.09. The molecule has 1 heterocycles. The van der Waals surface area contributed by atoms with E-state index in [-0.39, 0.29) is 0 Å². The van der Waals surface area contributed by atoms with Gasteiger partial charge in [0.05, 0.1) is 0 Å². The van der Waals surface area contributed by atoms with Crippen molar-refractivity contribution in [3.63, 3.8) is 0 Å². The monoisotopic (exact) mass is 168 g/mol. The third-order valence-corrected chi connectivity index (χ3v) is 2.57. The molecule has 1 fully saturated rings. The summed E-state index contributed by atoms with van der Waals surface area (Å²) in [6.07, 6.45) is 1.11. The molecule has 0 saturated carbocycles. The Morgan fingerprint density at radius 1 is 1.67 bits per heavy atom. The number of hydrogen-bond acceptors (Lipinski definition) is 2. The fourth-order valence-corrected chi connectivity index (χ4v) is 1.52. The van der Waals surface area contributed by atoms with Crippen LogP contribution in [-0.2, 0) is 0 Å².